The maximum Gasteiger partial charge on any atom is 0.223 e. The van der Waals surface area contributed by atoms with Crippen LogP contribution in [0.2, 0.25) is 0 Å². The van der Waals surface area contributed by atoms with Crippen LogP contribution in [0.4, 0.5) is 0 Å². The van der Waals surface area contributed by atoms with Gasteiger partial charge in [-0.3, -0.25) is 4.79 Å². The van der Waals surface area contributed by atoms with E-state index in [0.717, 1.165) is 36.4 Å². The smallest absolute Gasteiger partial charge is 0.223 e. The predicted molar refractivity (Wildman–Crippen MR) is 94.6 cm³/mol. The third-order valence-electron chi connectivity index (χ3n) is 4.72. The Bertz CT molecular complexity index is 703. The van der Waals surface area contributed by atoms with Crippen molar-refractivity contribution < 1.29 is 14.6 Å². The van der Waals surface area contributed by atoms with Crippen LogP contribution in [0.3, 0.4) is 0 Å². The molecule has 0 saturated heterocycles. The van der Waals surface area contributed by atoms with Crippen LogP contribution < -0.4 is 10.1 Å². The summed E-state index contributed by atoms with van der Waals surface area (Å²) < 4.78 is 6.91. The molecular formula is C19H25N3O3. The maximum absolute atomic E-state index is 12.1. The van der Waals surface area contributed by atoms with E-state index in [1.807, 2.05) is 36.5 Å². The van der Waals surface area contributed by atoms with Crippen molar-refractivity contribution in [1.82, 2.24) is 15.1 Å². The van der Waals surface area contributed by atoms with E-state index in [9.17, 15) is 9.90 Å². The number of nitrogens with one attached hydrogen (secondary N) is 1. The Balaban J connectivity index is 1.53. The van der Waals surface area contributed by atoms with Gasteiger partial charge in [-0.1, -0.05) is 19.3 Å². The van der Waals surface area contributed by atoms with Crippen molar-refractivity contribution >= 4 is 5.91 Å². The molecule has 2 N–H and O–H groups in total. The van der Waals surface area contributed by atoms with Crippen molar-refractivity contribution in [3.05, 3.63) is 42.2 Å². The lowest BCUT2D eigenvalue weighted by molar-refractivity contribution is -0.127. The molecule has 0 spiro atoms. The summed E-state index contributed by atoms with van der Waals surface area (Å²) >= 11 is 0. The van der Waals surface area contributed by atoms with E-state index in [1.54, 1.807) is 11.8 Å². The number of hydrogen-bond acceptors (Lipinski definition) is 4. The Labute approximate surface area is 147 Å². The van der Waals surface area contributed by atoms with Gasteiger partial charge in [0.05, 0.1) is 37.1 Å². The molecule has 1 heterocycles. The van der Waals surface area contributed by atoms with Gasteiger partial charge < -0.3 is 15.2 Å². The Morgan fingerprint density at radius 1 is 1.24 bits per heavy atom. The first-order chi connectivity index (χ1) is 12.1. The van der Waals surface area contributed by atoms with E-state index >= 15 is 0 Å². The molecule has 1 fully saturated rings. The van der Waals surface area contributed by atoms with Gasteiger partial charge in [-0.15, -0.1) is 0 Å². The summed E-state index contributed by atoms with van der Waals surface area (Å²) in [6.07, 6.45) is 6.60. The molecule has 0 atom stereocenters. The predicted octanol–water partition coefficient (Wildman–Crippen LogP) is 2.58. The number of aromatic nitrogens is 2. The van der Waals surface area contributed by atoms with Gasteiger partial charge in [-0.05, 0) is 43.2 Å². The summed E-state index contributed by atoms with van der Waals surface area (Å²) in [7, 11) is 1.63. The number of benzene rings is 1. The minimum Gasteiger partial charge on any atom is -0.497 e. The van der Waals surface area contributed by atoms with E-state index in [2.05, 4.69) is 10.4 Å². The fourth-order valence-electron chi connectivity index (χ4n) is 3.27. The molecule has 1 amide bonds. The van der Waals surface area contributed by atoms with E-state index < -0.39 is 5.60 Å². The molecule has 1 aromatic heterocycles. The molecule has 2 aromatic rings. The Kier molecular flexibility index (Phi) is 5.38. The second-order valence-electron chi connectivity index (χ2n) is 6.69. The number of hydrogen-bond donors (Lipinski definition) is 2. The van der Waals surface area contributed by atoms with Gasteiger partial charge in [0.2, 0.25) is 5.91 Å². The number of rotatable bonds is 6. The summed E-state index contributed by atoms with van der Waals surface area (Å²) in [4.78, 5) is 12.1. The highest BCUT2D eigenvalue weighted by atomic mass is 16.5. The van der Waals surface area contributed by atoms with Gasteiger partial charge >= 0.3 is 0 Å². The van der Waals surface area contributed by atoms with Crippen LogP contribution in [0, 0.1) is 0 Å². The first kappa shape index (κ1) is 17.5. The minimum atomic E-state index is -0.829. The van der Waals surface area contributed by atoms with E-state index in [-0.39, 0.29) is 12.3 Å². The first-order valence-electron chi connectivity index (χ1n) is 8.76. The highest BCUT2D eigenvalue weighted by Crippen LogP contribution is 2.30. The SMILES string of the molecule is COc1ccc(-n2ccc(CNC(=O)CC3(O)CCCCC3)n2)cc1. The number of ether oxygens (including phenoxy) is 1. The molecule has 0 radical (unpaired) electrons. The molecular weight excluding hydrogens is 318 g/mol. The Morgan fingerprint density at radius 3 is 2.64 bits per heavy atom. The lowest BCUT2D eigenvalue weighted by atomic mass is 9.82. The van der Waals surface area contributed by atoms with Gasteiger partial charge in [-0.2, -0.15) is 5.10 Å². The Morgan fingerprint density at radius 2 is 1.96 bits per heavy atom. The largest absolute Gasteiger partial charge is 0.497 e. The third-order valence-corrected chi connectivity index (χ3v) is 4.72. The molecule has 1 aliphatic carbocycles. The third kappa shape index (κ3) is 4.60. The monoisotopic (exact) mass is 343 g/mol. The summed E-state index contributed by atoms with van der Waals surface area (Å²) in [5, 5.41) is 17.8. The molecule has 25 heavy (non-hydrogen) atoms. The summed E-state index contributed by atoms with van der Waals surface area (Å²) in [6.45, 7) is 0.359. The topological polar surface area (TPSA) is 76.4 Å². The van der Waals surface area contributed by atoms with Gasteiger partial charge in [0.1, 0.15) is 5.75 Å². The second-order valence-corrected chi connectivity index (χ2v) is 6.69. The van der Waals surface area contributed by atoms with E-state index in [4.69, 9.17) is 4.74 Å². The second kappa shape index (κ2) is 7.70. The van der Waals surface area contributed by atoms with Crippen molar-refractivity contribution in [3.8, 4) is 11.4 Å². The first-order valence-corrected chi connectivity index (χ1v) is 8.76. The molecule has 1 aromatic carbocycles. The van der Waals surface area contributed by atoms with Crippen LogP contribution in [0.25, 0.3) is 5.69 Å². The molecule has 1 saturated carbocycles. The van der Waals surface area contributed by atoms with E-state index in [0.29, 0.717) is 19.4 Å². The van der Waals surface area contributed by atoms with Crippen molar-refractivity contribution in [3.63, 3.8) is 0 Å². The van der Waals surface area contributed by atoms with Crippen LogP contribution in [-0.4, -0.2) is 33.5 Å². The zero-order valence-corrected chi connectivity index (χ0v) is 14.6. The standard InChI is InChI=1S/C19H25N3O3/c1-25-17-7-5-16(6-8-17)22-12-9-15(21-22)14-20-18(23)13-19(24)10-3-2-4-11-19/h5-9,12,24H,2-4,10-11,13-14H2,1H3,(H,20,23). The molecule has 0 bridgehead atoms. The van der Waals surface area contributed by atoms with Gasteiger partial charge in [0.15, 0.2) is 0 Å². The van der Waals surface area contributed by atoms with Gasteiger partial charge in [0, 0.05) is 6.20 Å². The molecule has 6 nitrogen and oxygen atoms in total. The van der Waals surface area contributed by atoms with E-state index in [1.165, 1.54) is 0 Å². The number of carbonyl (C=O) groups excluding carboxylic acids is 1. The average molecular weight is 343 g/mol. The van der Waals surface area contributed by atoms with Crippen LogP contribution in [0.1, 0.15) is 44.2 Å². The molecule has 0 aliphatic heterocycles. The van der Waals surface area contributed by atoms with Gasteiger partial charge in [0.25, 0.3) is 0 Å². The summed E-state index contributed by atoms with van der Waals surface area (Å²) in [5.41, 5.74) is 0.875. The quantitative estimate of drug-likeness (QED) is 0.845. The lowest BCUT2D eigenvalue weighted by Crippen LogP contribution is -2.38. The number of aliphatic hydroxyl groups is 1. The zero-order valence-electron chi connectivity index (χ0n) is 14.6. The van der Waals surface area contributed by atoms with Crippen LogP contribution in [0.5, 0.6) is 5.75 Å². The minimum absolute atomic E-state index is 0.122. The lowest BCUT2D eigenvalue weighted by Gasteiger charge is -2.31. The van der Waals surface area contributed by atoms with Gasteiger partial charge in [-0.25, -0.2) is 4.68 Å². The summed E-state index contributed by atoms with van der Waals surface area (Å²) in [5.74, 6) is 0.674. The molecule has 0 unspecified atom stereocenters. The van der Waals surface area contributed by atoms with Crippen molar-refractivity contribution in [1.29, 1.82) is 0 Å². The van der Waals surface area contributed by atoms with Crippen LogP contribution >= 0.6 is 0 Å². The maximum atomic E-state index is 12.1. The normalized spacial score (nSPS) is 16.4. The number of carbonyl (C=O) groups is 1. The zero-order chi connectivity index (χ0) is 17.7. The average Bonchev–Trinajstić information content (AvgIpc) is 3.09. The van der Waals surface area contributed by atoms with Crippen molar-refractivity contribution in [2.24, 2.45) is 0 Å². The molecule has 6 heteroatoms. The Hall–Kier alpha value is -2.34. The van der Waals surface area contributed by atoms with Crippen LogP contribution in [-0.2, 0) is 11.3 Å². The van der Waals surface area contributed by atoms with Crippen LogP contribution in [0.15, 0.2) is 36.5 Å². The number of methoxy groups -OCH3 is 1. The highest BCUT2D eigenvalue weighted by molar-refractivity contribution is 5.77. The number of amides is 1. The van der Waals surface area contributed by atoms with Crippen molar-refractivity contribution in [2.75, 3.05) is 7.11 Å². The fourth-order valence-corrected chi connectivity index (χ4v) is 3.27. The fraction of sp³-hybridized carbons (Fsp3) is 0.474. The van der Waals surface area contributed by atoms with Crippen molar-refractivity contribution in [2.45, 2.75) is 50.7 Å². The molecule has 134 valence electrons. The number of nitrogens with zero attached hydrogens (tertiary/aromatic N) is 2. The molecule has 1 aliphatic rings. The molecule has 3 rings (SSSR count). The summed E-state index contributed by atoms with van der Waals surface area (Å²) in [6, 6.07) is 9.48. The highest BCUT2D eigenvalue weighted by Gasteiger charge is 2.31.